The first-order valence-electron chi connectivity index (χ1n) is 4.77. The average molecular weight is 205 g/mol. The molecule has 1 rings (SSSR count). The van der Waals surface area contributed by atoms with E-state index in [0.29, 0.717) is 18.6 Å². The van der Waals surface area contributed by atoms with Gasteiger partial charge >= 0.3 is 0 Å². The smallest absolute Gasteiger partial charge is 0.151 e. The molecule has 2 unspecified atom stereocenters. The minimum Gasteiger partial charge on any atom is -0.297 e. The van der Waals surface area contributed by atoms with Crippen LogP contribution in [0.3, 0.4) is 0 Å². The summed E-state index contributed by atoms with van der Waals surface area (Å²) in [5.41, 5.74) is 0. The van der Waals surface area contributed by atoms with Crippen LogP contribution < -0.4 is 0 Å². The van der Waals surface area contributed by atoms with Crippen molar-refractivity contribution in [2.24, 2.45) is 0 Å². The van der Waals surface area contributed by atoms with Crippen LogP contribution in [0.4, 0.5) is 0 Å². The Kier molecular flexibility index (Phi) is 3.02. The maximum Gasteiger partial charge on any atom is 0.151 e. The van der Waals surface area contributed by atoms with Crippen molar-refractivity contribution in [2.45, 2.75) is 44.5 Å². The fraction of sp³-hybridized carbons (Fsp3) is 1.00. The van der Waals surface area contributed by atoms with Crippen LogP contribution in [0.15, 0.2) is 0 Å². The standard InChI is InChI=1S/C9H19NO2S/c1-7(2)10-6-9(5-8(10)3)13(4,11)12/h7-9H,5-6H2,1-4H3. The molecule has 1 fully saturated rings. The lowest BCUT2D eigenvalue weighted by atomic mass is 10.2. The average Bonchev–Trinajstić information content (AvgIpc) is 2.29. The molecule has 0 amide bonds. The normalized spacial score (nSPS) is 31.5. The first-order valence-corrected chi connectivity index (χ1v) is 6.72. The maximum absolute atomic E-state index is 11.3. The summed E-state index contributed by atoms with van der Waals surface area (Å²) in [5.74, 6) is 0. The highest BCUT2D eigenvalue weighted by Gasteiger charge is 2.35. The first kappa shape index (κ1) is 11.0. The fourth-order valence-electron chi connectivity index (χ4n) is 2.04. The van der Waals surface area contributed by atoms with Crippen LogP contribution in [0.1, 0.15) is 27.2 Å². The minimum absolute atomic E-state index is 0.148. The van der Waals surface area contributed by atoms with Crippen molar-refractivity contribution in [3.05, 3.63) is 0 Å². The summed E-state index contributed by atoms with van der Waals surface area (Å²) in [5, 5.41) is -0.148. The second-order valence-corrected chi connectivity index (χ2v) is 6.65. The maximum atomic E-state index is 11.3. The lowest BCUT2D eigenvalue weighted by Crippen LogP contribution is -2.34. The summed E-state index contributed by atoms with van der Waals surface area (Å²) in [6, 6.07) is 0.849. The number of hydrogen-bond donors (Lipinski definition) is 0. The Hall–Kier alpha value is -0.0900. The molecule has 0 spiro atoms. The summed E-state index contributed by atoms with van der Waals surface area (Å²) in [6.45, 7) is 7.03. The number of rotatable bonds is 2. The van der Waals surface area contributed by atoms with Gasteiger partial charge in [0.2, 0.25) is 0 Å². The number of nitrogens with zero attached hydrogens (tertiary/aromatic N) is 1. The van der Waals surface area contributed by atoms with E-state index >= 15 is 0 Å². The Bertz CT molecular complexity index is 271. The summed E-state index contributed by atoms with van der Waals surface area (Å²) in [6.07, 6.45) is 2.13. The molecule has 0 aliphatic carbocycles. The predicted molar refractivity (Wildman–Crippen MR) is 54.6 cm³/mol. The lowest BCUT2D eigenvalue weighted by Gasteiger charge is -2.24. The van der Waals surface area contributed by atoms with Crippen molar-refractivity contribution in [2.75, 3.05) is 12.8 Å². The van der Waals surface area contributed by atoms with Gasteiger partial charge in [0.15, 0.2) is 9.84 Å². The van der Waals surface area contributed by atoms with Crippen molar-refractivity contribution < 1.29 is 8.42 Å². The van der Waals surface area contributed by atoms with Crippen molar-refractivity contribution in [3.8, 4) is 0 Å². The quantitative estimate of drug-likeness (QED) is 0.672. The third-order valence-electron chi connectivity index (χ3n) is 2.85. The molecule has 0 aromatic rings. The summed E-state index contributed by atoms with van der Waals surface area (Å²) in [4.78, 5) is 2.26. The van der Waals surface area contributed by atoms with Gasteiger partial charge in [0.25, 0.3) is 0 Å². The van der Waals surface area contributed by atoms with Gasteiger partial charge < -0.3 is 0 Å². The highest BCUT2D eigenvalue weighted by Crippen LogP contribution is 2.24. The Labute approximate surface area is 81.0 Å². The van der Waals surface area contributed by atoms with Crippen molar-refractivity contribution in [3.63, 3.8) is 0 Å². The molecular formula is C9H19NO2S. The summed E-state index contributed by atoms with van der Waals surface area (Å²) < 4.78 is 22.6. The SMILES string of the molecule is CC(C)N1CC(S(C)(=O)=O)CC1C. The molecule has 3 nitrogen and oxygen atoms in total. The Morgan fingerprint density at radius 2 is 1.92 bits per heavy atom. The molecule has 2 atom stereocenters. The molecule has 4 heteroatoms. The molecule has 78 valence electrons. The zero-order valence-corrected chi connectivity index (χ0v) is 9.63. The lowest BCUT2D eigenvalue weighted by molar-refractivity contribution is 0.216. The molecule has 1 aliphatic heterocycles. The van der Waals surface area contributed by atoms with E-state index in [9.17, 15) is 8.42 Å². The molecule has 0 radical (unpaired) electrons. The van der Waals surface area contributed by atoms with E-state index in [1.807, 2.05) is 0 Å². The Morgan fingerprint density at radius 3 is 2.15 bits per heavy atom. The fourth-order valence-corrected chi connectivity index (χ4v) is 3.11. The van der Waals surface area contributed by atoms with E-state index in [0.717, 1.165) is 6.42 Å². The highest BCUT2D eigenvalue weighted by molar-refractivity contribution is 7.91. The molecule has 1 heterocycles. The van der Waals surface area contributed by atoms with Gasteiger partial charge in [0, 0.05) is 24.9 Å². The number of likely N-dealkylation sites (tertiary alicyclic amines) is 1. The Morgan fingerprint density at radius 1 is 1.38 bits per heavy atom. The molecule has 0 aromatic carbocycles. The van der Waals surface area contributed by atoms with E-state index in [1.54, 1.807) is 0 Å². The Balaban J connectivity index is 2.71. The third-order valence-corrected chi connectivity index (χ3v) is 4.41. The van der Waals surface area contributed by atoms with Crippen LogP contribution in [-0.4, -0.2) is 43.5 Å². The molecule has 0 N–H and O–H groups in total. The van der Waals surface area contributed by atoms with Crippen LogP contribution in [0, 0.1) is 0 Å². The van der Waals surface area contributed by atoms with Crippen LogP contribution in [-0.2, 0) is 9.84 Å². The van der Waals surface area contributed by atoms with Crippen LogP contribution in [0.5, 0.6) is 0 Å². The molecule has 1 saturated heterocycles. The van der Waals surface area contributed by atoms with Crippen LogP contribution in [0.2, 0.25) is 0 Å². The van der Waals surface area contributed by atoms with Crippen molar-refractivity contribution >= 4 is 9.84 Å². The van der Waals surface area contributed by atoms with Crippen molar-refractivity contribution in [1.29, 1.82) is 0 Å². The molecule has 13 heavy (non-hydrogen) atoms. The van der Waals surface area contributed by atoms with Crippen LogP contribution >= 0.6 is 0 Å². The zero-order chi connectivity index (χ0) is 10.2. The van der Waals surface area contributed by atoms with Gasteiger partial charge in [-0.25, -0.2) is 8.42 Å². The first-order chi connectivity index (χ1) is 5.82. The second kappa shape index (κ2) is 3.58. The monoisotopic (exact) mass is 205 g/mol. The van der Waals surface area contributed by atoms with E-state index < -0.39 is 9.84 Å². The van der Waals surface area contributed by atoms with Gasteiger partial charge in [0.05, 0.1) is 5.25 Å². The zero-order valence-electron chi connectivity index (χ0n) is 8.82. The largest absolute Gasteiger partial charge is 0.297 e. The molecule has 0 bridgehead atoms. The molecule has 1 aliphatic rings. The number of hydrogen-bond acceptors (Lipinski definition) is 3. The molecule has 0 saturated carbocycles. The van der Waals surface area contributed by atoms with Crippen LogP contribution in [0.25, 0.3) is 0 Å². The van der Waals surface area contributed by atoms with Gasteiger partial charge in [-0.1, -0.05) is 0 Å². The van der Waals surface area contributed by atoms with E-state index in [-0.39, 0.29) is 5.25 Å². The number of sulfone groups is 1. The van der Waals surface area contributed by atoms with E-state index in [2.05, 4.69) is 25.7 Å². The molecular weight excluding hydrogens is 186 g/mol. The highest BCUT2D eigenvalue weighted by atomic mass is 32.2. The third kappa shape index (κ3) is 2.44. The van der Waals surface area contributed by atoms with Crippen molar-refractivity contribution in [1.82, 2.24) is 4.90 Å². The molecule has 0 aromatic heterocycles. The van der Waals surface area contributed by atoms with E-state index in [1.165, 1.54) is 6.26 Å². The predicted octanol–water partition coefficient (Wildman–Crippen LogP) is 0.902. The topological polar surface area (TPSA) is 37.4 Å². The second-order valence-electron chi connectivity index (χ2n) is 4.33. The summed E-state index contributed by atoms with van der Waals surface area (Å²) in [7, 11) is -2.84. The van der Waals surface area contributed by atoms with E-state index in [4.69, 9.17) is 0 Å². The van der Waals surface area contributed by atoms with Gasteiger partial charge in [0.1, 0.15) is 0 Å². The van der Waals surface area contributed by atoms with Gasteiger partial charge in [-0.15, -0.1) is 0 Å². The van der Waals surface area contributed by atoms with Gasteiger partial charge in [-0.05, 0) is 27.2 Å². The minimum atomic E-state index is -2.84. The summed E-state index contributed by atoms with van der Waals surface area (Å²) >= 11 is 0. The van der Waals surface area contributed by atoms with Gasteiger partial charge in [-0.2, -0.15) is 0 Å². The van der Waals surface area contributed by atoms with Gasteiger partial charge in [-0.3, -0.25) is 4.90 Å².